The fourth-order valence-corrected chi connectivity index (χ4v) is 6.34. The van der Waals surface area contributed by atoms with Gasteiger partial charge in [0.25, 0.3) is 0 Å². The van der Waals surface area contributed by atoms with Crippen LogP contribution >= 0.6 is 0 Å². The van der Waals surface area contributed by atoms with Gasteiger partial charge >= 0.3 is 6.09 Å². The number of carbonyl (C=O) groups excluding carboxylic acids is 1. The molecule has 1 atom stereocenters. The molecule has 0 saturated heterocycles. The van der Waals surface area contributed by atoms with Crippen molar-refractivity contribution in [2.45, 2.75) is 19.1 Å². The van der Waals surface area contributed by atoms with E-state index in [1.165, 1.54) is 17.5 Å². The van der Waals surface area contributed by atoms with E-state index in [1.54, 1.807) is 0 Å². The van der Waals surface area contributed by atoms with Crippen molar-refractivity contribution < 1.29 is 9.53 Å². The summed E-state index contributed by atoms with van der Waals surface area (Å²) in [6, 6.07) is 10.2. The third kappa shape index (κ3) is 2.14. The van der Waals surface area contributed by atoms with Crippen LogP contribution < -0.4 is 15.7 Å². The first-order valence-corrected chi connectivity index (χ1v) is 9.94. The van der Waals surface area contributed by atoms with Gasteiger partial charge in [0.15, 0.2) is 0 Å². The number of benzene rings is 1. The molecule has 0 aliphatic carbocycles. The number of nitrogens with zero attached hydrogens (tertiary/aromatic N) is 1. The number of methoxy groups -OCH3 is 1. The van der Waals surface area contributed by atoms with Gasteiger partial charge in [-0.2, -0.15) is 0 Å². The minimum Gasteiger partial charge on any atom is -0.453 e. The average Bonchev–Trinajstić information content (AvgIpc) is 2.51. The number of fused-ring (bicyclic) bond motifs is 2. The number of carbonyl (C=O) groups is 1. The van der Waals surface area contributed by atoms with Gasteiger partial charge in [0, 0.05) is 12.4 Å². The minimum atomic E-state index is -1.77. The first-order valence-electron chi connectivity index (χ1n) is 6.94. The molecule has 108 valence electrons. The Morgan fingerprint density at radius 1 is 1.19 bits per heavy atom. The molecule has 1 aromatic heterocycles. The van der Waals surface area contributed by atoms with Crippen LogP contribution in [-0.2, 0) is 4.74 Å². The molecule has 21 heavy (non-hydrogen) atoms. The summed E-state index contributed by atoms with van der Waals surface area (Å²) in [6.45, 7) is 4.66. The molecule has 4 nitrogen and oxygen atoms in total. The topological polar surface area (TPSA) is 51.2 Å². The van der Waals surface area contributed by atoms with Crippen LogP contribution in [0.1, 0.15) is 17.2 Å². The van der Waals surface area contributed by atoms with E-state index in [0.29, 0.717) is 0 Å². The predicted molar refractivity (Wildman–Crippen MR) is 84.8 cm³/mol. The Morgan fingerprint density at radius 2 is 1.90 bits per heavy atom. The number of aromatic nitrogens is 1. The quantitative estimate of drug-likeness (QED) is 0.815. The molecule has 1 aromatic carbocycles. The summed E-state index contributed by atoms with van der Waals surface area (Å²) >= 11 is 0. The zero-order valence-electron chi connectivity index (χ0n) is 12.4. The van der Waals surface area contributed by atoms with Crippen molar-refractivity contribution in [2.75, 3.05) is 7.11 Å². The van der Waals surface area contributed by atoms with E-state index in [-0.39, 0.29) is 6.04 Å². The van der Waals surface area contributed by atoms with Gasteiger partial charge in [0.1, 0.15) is 8.07 Å². The molecule has 0 bridgehead atoms. The van der Waals surface area contributed by atoms with E-state index >= 15 is 0 Å². The second kappa shape index (κ2) is 5.00. The average molecular weight is 298 g/mol. The zero-order valence-corrected chi connectivity index (χ0v) is 13.4. The van der Waals surface area contributed by atoms with Gasteiger partial charge in [-0.1, -0.05) is 37.4 Å². The van der Waals surface area contributed by atoms with Crippen LogP contribution in [0, 0.1) is 0 Å². The first kappa shape index (κ1) is 13.8. The predicted octanol–water partition coefficient (Wildman–Crippen LogP) is 1.66. The lowest BCUT2D eigenvalue weighted by molar-refractivity contribution is 0.168. The molecule has 5 heteroatoms. The molecule has 1 aliphatic rings. The van der Waals surface area contributed by atoms with Crippen molar-refractivity contribution in [3.8, 4) is 0 Å². The Morgan fingerprint density at radius 3 is 2.67 bits per heavy atom. The second-order valence-corrected chi connectivity index (χ2v) is 10.1. The van der Waals surface area contributed by atoms with E-state index < -0.39 is 14.2 Å². The number of alkyl carbamates (subject to hydrolysis) is 1. The van der Waals surface area contributed by atoms with Crippen LogP contribution in [0.4, 0.5) is 4.79 Å². The normalized spacial score (nSPS) is 18.3. The Labute approximate surface area is 125 Å². The van der Waals surface area contributed by atoms with Gasteiger partial charge in [0.05, 0.1) is 13.2 Å². The molecule has 2 aromatic rings. The molecular formula is C16H18N2O2Si. The van der Waals surface area contributed by atoms with Crippen molar-refractivity contribution in [1.82, 2.24) is 10.3 Å². The van der Waals surface area contributed by atoms with E-state index in [9.17, 15) is 4.79 Å². The number of hydrogen-bond donors (Lipinski definition) is 1. The van der Waals surface area contributed by atoms with Crippen molar-refractivity contribution in [2.24, 2.45) is 0 Å². The van der Waals surface area contributed by atoms with E-state index in [0.717, 1.165) is 11.1 Å². The van der Waals surface area contributed by atoms with Gasteiger partial charge in [0.2, 0.25) is 0 Å². The van der Waals surface area contributed by atoms with Crippen LogP contribution in [0.15, 0.2) is 42.7 Å². The highest BCUT2D eigenvalue weighted by molar-refractivity contribution is 7.01. The van der Waals surface area contributed by atoms with Gasteiger partial charge in [-0.25, -0.2) is 4.79 Å². The zero-order chi connectivity index (χ0) is 15.0. The van der Waals surface area contributed by atoms with Crippen LogP contribution in [0.2, 0.25) is 13.1 Å². The highest BCUT2D eigenvalue weighted by Gasteiger charge is 2.39. The largest absolute Gasteiger partial charge is 0.453 e. The molecule has 3 rings (SSSR count). The van der Waals surface area contributed by atoms with E-state index in [2.05, 4.69) is 47.7 Å². The number of rotatable bonds is 1. The van der Waals surface area contributed by atoms with Gasteiger partial charge in [-0.3, -0.25) is 4.98 Å². The van der Waals surface area contributed by atoms with Crippen molar-refractivity contribution in [1.29, 1.82) is 0 Å². The first-order chi connectivity index (χ1) is 10.1. The maximum absolute atomic E-state index is 11.7. The van der Waals surface area contributed by atoms with Crippen molar-refractivity contribution in [3.63, 3.8) is 0 Å². The molecule has 1 amide bonds. The minimum absolute atomic E-state index is 0.196. The lowest BCUT2D eigenvalue weighted by Gasteiger charge is -2.37. The molecule has 0 spiro atoms. The Bertz CT molecular complexity index is 651. The number of hydrogen-bond acceptors (Lipinski definition) is 3. The summed E-state index contributed by atoms with van der Waals surface area (Å²) < 4.78 is 4.78. The lowest BCUT2D eigenvalue weighted by Crippen LogP contribution is -2.60. The maximum atomic E-state index is 11.7. The smallest absolute Gasteiger partial charge is 0.407 e. The summed E-state index contributed by atoms with van der Waals surface area (Å²) in [7, 11) is -0.385. The number of ether oxygens (including phenoxy) is 1. The number of nitrogens with one attached hydrogen (secondary N) is 1. The van der Waals surface area contributed by atoms with Crippen LogP contribution in [0.3, 0.4) is 0 Å². The van der Waals surface area contributed by atoms with Crippen molar-refractivity contribution in [3.05, 3.63) is 53.9 Å². The van der Waals surface area contributed by atoms with Gasteiger partial charge in [-0.05, 0) is 27.6 Å². The Kier molecular flexibility index (Phi) is 3.29. The summed E-state index contributed by atoms with van der Waals surface area (Å²) in [5, 5.41) is 5.61. The number of pyridine rings is 1. The van der Waals surface area contributed by atoms with Gasteiger partial charge in [-0.15, -0.1) is 0 Å². The molecule has 2 heterocycles. The summed E-state index contributed by atoms with van der Waals surface area (Å²) in [4.78, 5) is 16.0. The monoisotopic (exact) mass is 298 g/mol. The molecule has 0 saturated carbocycles. The summed E-state index contributed by atoms with van der Waals surface area (Å²) in [5.41, 5.74) is 2.23. The molecule has 0 radical (unpaired) electrons. The summed E-state index contributed by atoms with van der Waals surface area (Å²) in [5.74, 6) is 0. The highest BCUT2D eigenvalue weighted by Crippen LogP contribution is 2.27. The Balaban J connectivity index is 2.21. The molecular weight excluding hydrogens is 280 g/mol. The third-order valence-electron chi connectivity index (χ3n) is 4.23. The molecule has 1 N–H and O–H groups in total. The number of amides is 1. The van der Waals surface area contributed by atoms with Crippen LogP contribution in [0.25, 0.3) is 0 Å². The Hall–Kier alpha value is -2.14. The second-order valence-electron chi connectivity index (χ2n) is 5.74. The summed E-state index contributed by atoms with van der Waals surface area (Å²) in [6.07, 6.45) is 3.27. The van der Waals surface area contributed by atoms with E-state index in [4.69, 9.17) is 4.74 Å². The fraction of sp³-hybridized carbons (Fsp3) is 0.250. The fourth-order valence-electron chi connectivity index (χ4n) is 3.17. The molecule has 1 unspecified atom stereocenters. The molecule has 1 aliphatic heterocycles. The highest BCUT2D eigenvalue weighted by atomic mass is 28.3. The van der Waals surface area contributed by atoms with Crippen LogP contribution in [0.5, 0.6) is 0 Å². The van der Waals surface area contributed by atoms with Gasteiger partial charge < -0.3 is 10.1 Å². The third-order valence-corrected chi connectivity index (χ3v) is 7.83. The SMILES string of the molecule is COC(=O)NC1c2ccccc2[Si](C)(C)c2ccncc21. The van der Waals surface area contributed by atoms with Crippen molar-refractivity contribution >= 4 is 24.5 Å². The van der Waals surface area contributed by atoms with E-state index in [1.807, 2.05) is 18.5 Å². The standard InChI is InChI=1S/C16H18N2O2Si/c1-20-16(19)18-15-11-6-4-5-7-13(11)21(2,3)14-8-9-17-10-12(14)15/h4-10,15H,1-3H3,(H,18,19). The molecule has 0 fully saturated rings. The lowest BCUT2D eigenvalue weighted by atomic mass is 9.99. The van der Waals surface area contributed by atoms with Crippen LogP contribution in [-0.4, -0.2) is 26.3 Å². The maximum Gasteiger partial charge on any atom is 0.407 e.